The van der Waals surface area contributed by atoms with Crippen molar-refractivity contribution in [2.45, 2.75) is 44.2 Å². The third-order valence-electron chi connectivity index (χ3n) is 7.07. The van der Waals surface area contributed by atoms with Gasteiger partial charge in [0.2, 0.25) is 5.91 Å². The van der Waals surface area contributed by atoms with Crippen LogP contribution in [0.4, 0.5) is 4.79 Å². The Hall–Kier alpha value is -3.93. The van der Waals surface area contributed by atoms with E-state index in [1.54, 1.807) is 0 Å². The number of urea groups is 1. The second kappa shape index (κ2) is 9.37. The molecule has 0 aromatic heterocycles. The third kappa shape index (κ3) is 4.20. The number of rotatable bonds is 6. The lowest BCUT2D eigenvalue weighted by Crippen LogP contribution is -2.46. The first kappa shape index (κ1) is 22.8. The zero-order chi connectivity index (χ0) is 24.4. The van der Waals surface area contributed by atoms with E-state index in [2.05, 4.69) is 28.8 Å². The highest BCUT2D eigenvalue weighted by Gasteiger charge is 2.54. The number of hydrogen-bond donors (Lipinski definition) is 2. The quantitative estimate of drug-likeness (QED) is 0.533. The molecule has 1 atom stereocenters. The molecule has 1 aliphatic carbocycles. The maximum absolute atomic E-state index is 13.8. The Morgan fingerprint density at radius 2 is 1.51 bits per heavy atom. The fraction of sp³-hybridized carbons (Fsp3) is 0.276. The minimum atomic E-state index is -1.37. The Balaban J connectivity index is 1.35. The molecule has 1 heterocycles. The van der Waals surface area contributed by atoms with Crippen LogP contribution in [0.2, 0.25) is 0 Å². The first-order valence-electron chi connectivity index (χ1n) is 12.2. The van der Waals surface area contributed by atoms with E-state index in [4.69, 9.17) is 0 Å². The van der Waals surface area contributed by atoms with Crippen molar-refractivity contribution in [2.24, 2.45) is 0 Å². The summed E-state index contributed by atoms with van der Waals surface area (Å²) in [5, 5.41) is 5.85. The van der Waals surface area contributed by atoms with Gasteiger partial charge in [0, 0.05) is 0 Å². The second-order valence-electron chi connectivity index (χ2n) is 9.33. The summed E-state index contributed by atoms with van der Waals surface area (Å²) in [6.07, 6.45) is 4.58. The number of nitrogens with zero attached hydrogens (tertiary/aromatic N) is 1. The molecule has 1 saturated heterocycles. The molecular weight excluding hydrogens is 438 g/mol. The predicted octanol–water partition coefficient (Wildman–Crippen LogP) is 4.24. The molecule has 1 fully saturated rings. The van der Waals surface area contributed by atoms with Gasteiger partial charge in [-0.15, -0.1) is 0 Å². The smallest absolute Gasteiger partial charge is 0.326 e. The van der Waals surface area contributed by atoms with Crippen molar-refractivity contribution >= 4 is 17.8 Å². The van der Waals surface area contributed by atoms with Crippen LogP contribution in [-0.2, 0) is 28.0 Å². The summed E-state index contributed by atoms with van der Waals surface area (Å²) < 4.78 is 0. The minimum Gasteiger partial charge on any atom is -0.348 e. The van der Waals surface area contributed by atoms with Crippen LogP contribution in [-0.4, -0.2) is 29.3 Å². The largest absolute Gasteiger partial charge is 0.348 e. The van der Waals surface area contributed by atoms with E-state index >= 15 is 0 Å². The summed E-state index contributed by atoms with van der Waals surface area (Å²) in [5.41, 5.74) is 3.68. The van der Waals surface area contributed by atoms with Crippen LogP contribution in [0, 0.1) is 0 Å². The Bertz CT molecular complexity index is 1220. The predicted molar refractivity (Wildman–Crippen MR) is 134 cm³/mol. The lowest BCUT2D eigenvalue weighted by molar-refractivity contribution is -0.134. The van der Waals surface area contributed by atoms with E-state index in [0.29, 0.717) is 11.1 Å². The minimum absolute atomic E-state index is 0.233. The van der Waals surface area contributed by atoms with Gasteiger partial charge in [-0.05, 0) is 60.4 Å². The van der Waals surface area contributed by atoms with Crippen molar-refractivity contribution in [1.82, 2.24) is 15.5 Å². The van der Waals surface area contributed by atoms with E-state index in [0.717, 1.165) is 23.3 Å². The highest BCUT2D eigenvalue weighted by Crippen LogP contribution is 2.36. The fourth-order valence-corrected chi connectivity index (χ4v) is 5.19. The van der Waals surface area contributed by atoms with Crippen molar-refractivity contribution in [3.8, 4) is 0 Å². The highest BCUT2D eigenvalue weighted by atomic mass is 16.2. The van der Waals surface area contributed by atoms with Gasteiger partial charge in [0.25, 0.3) is 5.91 Å². The van der Waals surface area contributed by atoms with E-state index in [9.17, 15) is 14.4 Å². The standard InChI is InChI=1S/C29H29N3O3/c1-20(22-17-16-21-10-8-9-11-23(21)18-22)30-26(33)19-32-27(34)29(31-28(32)35,24-12-4-2-5-13-24)25-14-6-3-7-15-25/h2-7,12-18,20H,8-11,19H2,1H3,(H,30,33)(H,31,35)/t20-/m0/s1. The molecule has 3 aromatic rings. The number of benzene rings is 3. The van der Waals surface area contributed by atoms with Crippen LogP contribution in [0.25, 0.3) is 0 Å². The number of fused-ring (bicyclic) bond motifs is 1. The molecule has 0 saturated carbocycles. The number of carbonyl (C=O) groups excluding carboxylic acids is 3. The van der Waals surface area contributed by atoms with Gasteiger partial charge in [-0.1, -0.05) is 78.9 Å². The summed E-state index contributed by atoms with van der Waals surface area (Å²) in [5.74, 6) is -0.841. The topological polar surface area (TPSA) is 78.5 Å². The monoisotopic (exact) mass is 467 g/mol. The molecule has 35 heavy (non-hydrogen) atoms. The van der Waals surface area contributed by atoms with Crippen molar-refractivity contribution in [1.29, 1.82) is 0 Å². The normalized spacial score (nSPS) is 17.5. The van der Waals surface area contributed by atoms with Gasteiger partial charge in [-0.25, -0.2) is 4.79 Å². The zero-order valence-electron chi connectivity index (χ0n) is 19.8. The molecule has 3 aromatic carbocycles. The summed E-state index contributed by atoms with van der Waals surface area (Å²) in [6.45, 7) is 1.58. The summed E-state index contributed by atoms with van der Waals surface area (Å²) in [7, 11) is 0. The molecule has 6 nitrogen and oxygen atoms in total. The van der Waals surface area contributed by atoms with Crippen LogP contribution in [0.1, 0.15) is 53.6 Å². The maximum Gasteiger partial charge on any atom is 0.326 e. The molecular formula is C29H29N3O3. The van der Waals surface area contributed by atoms with E-state index in [-0.39, 0.29) is 18.5 Å². The number of amides is 4. The SMILES string of the molecule is C[C@H](NC(=O)CN1C(=O)NC(c2ccccc2)(c2ccccc2)C1=O)c1ccc2c(c1)CCCC2. The van der Waals surface area contributed by atoms with Gasteiger partial charge in [0.1, 0.15) is 6.54 Å². The lowest BCUT2D eigenvalue weighted by Gasteiger charge is -2.28. The van der Waals surface area contributed by atoms with E-state index in [1.165, 1.54) is 24.0 Å². The molecule has 5 rings (SSSR count). The zero-order valence-corrected chi connectivity index (χ0v) is 19.8. The van der Waals surface area contributed by atoms with Crippen molar-refractivity contribution in [3.05, 3.63) is 107 Å². The van der Waals surface area contributed by atoms with Gasteiger partial charge in [-0.2, -0.15) is 0 Å². The highest BCUT2D eigenvalue weighted by molar-refractivity contribution is 6.11. The molecule has 0 radical (unpaired) electrons. The molecule has 0 unspecified atom stereocenters. The summed E-state index contributed by atoms with van der Waals surface area (Å²) in [4.78, 5) is 40.7. The Kier molecular flexibility index (Phi) is 6.12. The van der Waals surface area contributed by atoms with Crippen LogP contribution < -0.4 is 10.6 Å². The first-order valence-corrected chi connectivity index (χ1v) is 12.2. The average molecular weight is 468 g/mol. The Labute approximate surface area is 205 Å². The van der Waals surface area contributed by atoms with Gasteiger partial charge in [0.05, 0.1) is 6.04 Å². The first-order chi connectivity index (χ1) is 17.0. The van der Waals surface area contributed by atoms with Crippen LogP contribution in [0.3, 0.4) is 0 Å². The molecule has 6 heteroatoms. The molecule has 4 amide bonds. The van der Waals surface area contributed by atoms with Crippen molar-refractivity contribution < 1.29 is 14.4 Å². The molecule has 2 aliphatic rings. The van der Waals surface area contributed by atoms with E-state index in [1.807, 2.05) is 67.6 Å². The van der Waals surface area contributed by atoms with Crippen molar-refractivity contribution in [2.75, 3.05) is 6.54 Å². The Morgan fingerprint density at radius 1 is 0.914 bits per heavy atom. The van der Waals surface area contributed by atoms with Gasteiger partial charge < -0.3 is 10.6 Å². The average Bonchev–Trinajstić information content (AvgIpc) is 3.15. The second-order valence-corrected chi connectivity index (χ2v) is 9.33. The third-order valence-corrected chi connectivity index (χ3v) is 7.07. The van der Waals surface area contributed by atoms with E-state index < -0.39 is 17.5 Å². The van der Waals surface area contributed by atoms with Gasteiger partial charge in [0.15, 0.2) is 5.54 Å². The van der Waals surface area contributed by atoms with Gasteiger partial charge in [-0.3, -0.25) is 14.5 Å². The molecule has 1 aliphatic heterocycles. The maximum atomic E-state index is 13.8. The van der Waals surface area contributed by atoms with Crippen LogP contribution in [0.5, 0.6) is 0 Å². The number of hydrogen-bond acceptors (Lipinski definition) is 3. The van der Waals surface area contributed by atoms with Crippen LogP contribution in [0.15, 0.2) is 78.9 Å². The number of imide groups is 1. The molecule has 178 valence electrons. The fourth-order valence-electron chi connectivity index (χ4n) is 5.19. The Morgan fingerprint density at radius 3 is 2.14 bits per heavy atom. The van der Waals surface area contributed by atoms with Crippen molar-refractivity contribution in [3.63, 3.8) is 0 Å². The number of aryl methyl sites for hydroxylation is 2. The number of carbonyl (C=O) groups is 3. The lowest BCUT2D eigenvalue weighted by atomic mass is 9.82. The molecule has 2 N–H and O–H groups in total. The van der Waals surface area contributed by atoms with Crippen LogP contribution >= 0.6 is 0 Å². The summed E-state index contributed by atoms with van der Waals surface area (Å²) >= 11 is 0. The molecule has 0 spiro atoms. The number of nitrogens with one attached hydrogen (secondary N) is 2. The molecule has 0 bridgehead atoms. The van der Waals surface area contributed by atoms with Gasteiger partial charge >= 0.3 is 6.03 Å². The summed E-state index contributed by atoms with van der Waals surface area (Å²) in [6, 6.07) is 23.8.